The van der Waals surface area contributed by atoms with E-state index < -0.39 is 12.0 Å². The van der Waals surface area contributed by atoms with Crippen molar-refractivity contribution in [2.45, 2.75) is 135 Å². The summed E-state index contributed by atoms with van der Waals surface area (Å²) in [6, 6.07) is -0.994. The van der Waals surface area contributed by atoms with E-state index in [1.807, 2.05) is 6.92 Å². The molecule has 0 heterocycles. The lowest BCUT2D eigenvalue weighted by Gasteiger charge is -2.14. The molecule has 0 saturated heterocycles. The lowest BCUT2D eigenvalue weighted by Crippen LogP contribution is -2.41. The average molecular weight is 441 g/mol. The van der Waals surface area contributed by atoms with Crippen LogP contribution in [0, 0.1) is 0 Å². The summed E-state index contributed by atoms with van der Waals surface area (Å²) in [7, 11) is 0. The van der Waals surface area contributed by atoms with Crippen LogP contribution in [0.4, 0.5) is 0 Å². The van der Waals surface area contributed by atoms with E-state index in [4.69, 9.17) is 0 Å². The molecule has 0 aliphatic heterocycles. The van der Waals surface area contributed by atoms with Crippen LogP contribution >= 0.6 is 0 Å². The van der Waals surface area contributed by atoms with Crippen molar-refractivity contribution in [1.82, 2.24) is 10.6 Å². The van der Waals surface area contributed by atoms with Crippen LogP contribution in [0.5, 0.6) is 0 Å². The van der Waals surface area contributed by atoms with E-state index in [0.717, 1.165) is 32.1 Å². The fourth-order valence-electron chi connectivity index (χ4n) is 3.60. The van der Waals surface area contributed by atoms with Gasteiger partial charge in [-0.15, -0.1) is 0 Å². The van der Waals surface area contributed by atoms with Crippen molar-refractivity contribution >= 4 is 17.8 Å². The van der Waals surface area contributed by atoms with E-state index >= 15 is 0 Å². The molecule has 1 atom stereocenters. The molecule has 182 valence electrons. The Morgan fingerprint density at radius 1 is 0.645 bits per heavy atom. The highest BCUT2D eigenvalue weighted by Crippen LogP contribution is 2.13. The van der Waals surface area contributed by atoms with Crippen molar-refractivity contribution in [3.63, 3.8) is 0 Å². The van der Waals surface area contributed by atoms with Gasteiger partial charge in [0.1, 0.15) is 6.04 Å². The number of hydrogen-bond donors (Lipinski definition) is 3. The molecular weight excluding hydrogens is 392 g/mol. The van der Waals surface area contributed by atoms with Crippen molar-refractivity contribution in [1.29, 1.82) is 0 Å². The number of amides is 2. The number of rotatable bonds is 22. The molecule has 2 amide bonds. The number of nitrogens with one attached hydrogen (secondary N) is 2. The van der Waals surface area contributed by atoms with Crippen molar-refractivity contribution < 1.29 is 19.5 Å². The Hall–Kier alpha value is -1.59. The lowest BCUT2D eigenvalue weighted by atomic mass is 10.0. The van der Waals surface area contributed by atoms with E-state index in [1.54, 1.807) is 0 Å². The highest BCUT2D eigenvalue weighted by molar-refractivity contribution is 5.84. The van der Waals surface area contributed by atoms with E-state index in [0.29, 0.717) is 13.0 Å². The number of carboxylic acid groups (broad SMARTS) is 1. The molecule has 0 rings (SSSR count). The Bertz CT molecular complexity index is 468. The van der Waals surface area contributed by atoms with Crippen LogP contribution in [0.3, 0.4) is 0 Å². The molecule has 6 heteroatoms. The molecule has 6 nitrogen and oxygen atoms in total. The summed E-state index contributed by atoms with van der Waals surface area (Å²) in [5.74, 6) is -1.48. The normalized spacial score (nSPS) is 11.8. The van der Waals surface area contributed by atoms with Gasteiger partial charge in [-0.05, 0) is 19.3 Å². The topological polar surface area (TPSA) is 95.5 Å². The van der Waals surface area contributed by atoms with Crippen LogP contribution in [0.1, 0.15) is 129 Å². The van der Waals surface area contributed by atoms with Crippen molar-refractivity contribution in [2.24, 2.45) is 0 Å². The summed E-state index contributed by atoms with van der Waals surface area (Å²) in [6.07, 6.45) is 18.7. The fraction of sp³-hybridized carbons (Fsp3) is 0.880. The first kappa shape index (κ1) is 29.4. The fourth-order valence-corrected chi connectivity index (χ4v) is 3.60. The number of unbranched alkanes of at least 4 members (excludes halogenated alkanes) is 13. The molecule has 0 aromatic carbocycles. The maximum Gasteiger partial charge on any atom is 0.326 e. The van der Waals surface area contributed by atoms with Gasteiger partial charge in [0.15, 0.2) is 0 Å². The zero-order valence-corrected chi connectivity index (χ0v) is 20.2. The zero-order valence-electron chi connectivity index (χ0n) is 20.2. The lowest BCUT2D eigenvalue weighted by molar-refractivity contribution is -0.142. The van der Waals surface area contributed by atoms with Gasteiger partial charge in [0.05, 0.1) is 0 Å². The van der Waals surface area contributed by atoms with Gasteiger partial charge in [-0.25, -0.2) is 4.79 Å². The molecule has 0 aliphatic carbocycles. The summed E-state index contributed by atoms with van der Waals surface area (Å²) < 4.78 is 0. The molecule has 0 aliphatic rings. The summed E-state index contributed by atoms with van der Waals surface area (Å²) in [5, 5.41) is 14.6. The average Bonchev–Trinajstić information content (AvgIpc) is 2.74. The van der Waals surface area contributed by atoms with E-state index in [9.17, 15) is 19.5 Å². The van der Waals surface area contributed by atoms with Gasteiger partial charge in [-0.2, -0.15) is 0 Å². The van der Waals surface area contributed by atoms with Gasteiger partial charge < -0.3 is 15.7 Å². The predicted molar refractivity (Wildman–Crippen MR) is 127 cm³/mol. The highest BCUT2D eigenvalue weighted by Gasteiger charge is 2.20. The summed E-state index contributed by atoms with van der Waals surface area (Å²) >= 11 is 0. The number of aliphatic carboxylic acids is 1. The van der Waals surface area contributed by atoms with Crippen molar-refractivity contribution in [3.05, 3.63) is 0 Å². The Labute approximate surface area is 190 Å². The Balaban J connectivity index is 3.68. The van der Waals surface area contributed by atoms with Gasteiger partial charge >= 0.3 is 5.97 Å². The summed E-state index contributed by atoms with van der Waals surface area (Å²) in [4.78, 5) is 35.1. The number of carbonyl (C=O) groups is 3. The first-order valence-electron chi connectivity index (χ1n) is 12.8. The largest absolute Gasteiger partial charge is 0.480 e. The Morgan fingerprint density at radius 3 is 1.61 bits per heavy atom. The first-order chi connectivity index (χ1) is 15.0. The zero-order chi connectivity index (χ0) is 23.2. The summed E-state index contributed by atoms with van der Waals surface area (Å²) in [6.45, 7) is 4.90. The van der Waals surface area contributed by atoms with Gasteiger partial charge in [0.25, 0.3) is 0 Å². The number of carbonyl (C=O) groups excluding carboxylic acids is 2. The van der Waals surface area contributed by atoms with Crippen LogP contribution < -0.4 is 10.6 Å². The minimum absolute atomic E-state index is 0.111. The third kappa shape index (κ3) is 20.1. The number of hydrogen-bond acceptors (Lipinski definition) is 3. The van der Waals surface area contributed by atoms with E-state index in [-0.39, 0.29) is 24.7 Å². The van der Waals surface area contributed by atoms with Gasteiger partial charge in [-0.3, -0.25) is 9.59 Å². The quantitative estimate of drug-likeness (QED) is 0.187. The van der Waals surface area contributed by atoms with E-state index in [1.165, 1.54) is 64.2 Å². The van der Waals surface area contributed by atoms with Crippen LogP contribution in [-0.2, 0) is 14.4 Å². The molecule has 0 saturated carbocycles. The van der Waals surface area contributed by atoms with Crippen molar-refractivity contribution in [2.75, 3.05) is 6.54 Å². The molecule has 0 bridgehead atoms. The highest BCUT2D eigenvalue weighted by atomic mass is 16.4. The van der Waals surface area contributed by atoms with Gasteiger partial charge in [0, 0.05) is 19.4 Å². The van der Waals surface area contributed by atoms with Crippen LogP contribution in [0.15, 0.2) is 0 Å². The van der Waals surface area contributed by atoms with Crippen LogP contribution in [0.2, 0.25) is 0 Å². The first-order valence-corrected chi connectivity index (χ1v) is 12.8. The SMILES string of the molecule is CCCCCCCCCCCCCCCC(=O)N[C@@H](CCC(=O)NCCCC)C(=O)O. The maximum atomic E-state index is 12.0. The second-order valence-corrected chi connectivity index (χ2v) is 8.69. The molecule has 3 N–H and O–H groups in total. The minimum atomic E-state index is -1.08. The smallest absolute Gasteiger partial charge is 0.326 e. The molecule has 0 aromatic heterocycles. The standard InChI is InChI=1S/C25H48N2O4/c1-3-5-7-8-9-10-11-12-13-14-15-16-17-18-24(29)27-22(25(30)31)19-20-23(28)26-21-6-4-2/h22H,3-21H2,1-2H3,(H,26,28)(H,27,29)(H,30,31)/t22-/m0/s1. The minimum Gasteiger partial charge on any atom is -0.480 e. The van der Waals surface area contributed by atoms with Crippen LogP contribution in [-0.4, -0.2) is 35.5 Å². The Kier molecular flexibility index (Phi) is 20.5. The molecule has 0 fully saturated rings. The van der Waals surface area contributed by atoms with Crippen molar-refractivity contribution in [3.8, 4) is 0 Å². The van der Waals surface area contributed by atoms with E-state index in [2.05, 4.69) is 17.6 Å². The number of carboxylic acids is 1. The monoisotopic (exact) mass is 440 g/mol. The molecule has 0 unspecified atom stereocenters. The third-order valence-corrected chi connectivity index (χ3v) is 5.65. The predicted octanol–water partition coefficient (Wildman–Crippen LogP) is 5.73. The summed E-state index contributed by atoms with van der Waals surface area (Å²) in [5.41, 5.74) is 0. The third-order valence-electron chi connectivity index (χ3n) is 5.65. The van der Waals surface area contributed by atoms with Gasteiger partial charge in [0.2, 0.25) is 11.8 Å². The molecule has 0 aromatic rings. The molecule has 31 heavy (non-hydrogen) atoms. The second-order valence-electron chi connectivity index (χ2n) is 8.69. The van der Waals surface area contributed by atoms with Gasteiger partial charge in [-0.1, -0.05) is 97.3 Å². The second kappa shape index (κ2) is 21.6. The molecular formula is C25H48N2O4. The maximum absolute atomic E-state index is 12.0. The molecule has 0 radical (unpaired) electrons. The van der Waals surface area contributed by atoms with Crippen LogP contribution in [0.25, 0.3) is 0 Å². The molecule has 0 spiro atoms. The Morgan fingerprint density at radius 2 is 1.13 bits per heavy atom.